The molecule has 1 aliphatic heterocycles. The number of hydrogen-bond acceptors (Lipinski definition) is 4. The average Bonchev–Trinajstić information content (AvgIpc) is 2.85. The molecule has 0 fully saturated rings. The van der Waals surface area contributed by atoms with Crippen LogP contribution < -0.4 is 5.56 Å². The molecule has 0 radical (unpaired) electrons. The lowest BCUT2D eigenvalue weighted by atomic mass is 10.1. The number of halogens is 1. The largest absolute Gasteiger partial charge is 0.337 e. The molecule has 1 aromatic carbocycles. The molecular weight excluding hydrogens is 377 g/mol. The Hall–Kier alpha value is -2.54. The van der Waals surface area contributed by atoms with Gasteiger partial charge in [-0.1, -0.05) is 18.6 Å². The summed E-state index contributed by atoms with van der Waals surface area (Å²) in [6.07, 6.45) is 3.92. The van der Waals surface area contributed by atoms with Crippen molar-refractivity contribution in [3.63, 3.8) is 0 Å². The lowest BCUT2D eigenvalue weighted by Crippen LogP contribution is -2.26. The zero-order valence-corrected chi connectivity index (χ0v) is 16.8. The van der Waals surface area contributed by atoms with Crippen LogP contribution in [0.3, 0.4) is 0 Å². The summed E-state index contributed by atoms with van der Waals surface area (Å²) in [6.45, 7) is 2.89. The summed E-state index contributed by atoms with van der Waals surface area (Å²) in [6, 6.07) is 6.11. The number of fused-ring (bicyclic) bond motifs is 2. The number of carbonyl (C=O) groups is 1. The van der Waals surface area contributed by atoms with Gasteiger partial charge in [0.1, 0.15) is 16.5 Å². The minimum absolute atomic E-state index is 0.0316. The van der Waals surface area contributed by atoms with Gasteiger partial charge in [0.15, 0.2) is 0 Å². The number of amides is 1. The van der Waals surface area contributed by atoms with Gasteiger partial charge in [0, 0.05) is 26.6 Å². The van der Waals surface area contributed by atoms with E-state index in [0.717, 1.165) is 37.1 Å². The molecule has 1 amide bonds. The van der Waals surface area contributed by atoms with Crippen molar-refractivity contribution in [2.75, 3.05) is 7.05 Å². The first-order chi connectivity index (χ1) is 13.5. The SMILES string of the molecule is Cc1c(C(=O)N(C)Cc2ccc(F)cc2)sc2nc3n(c(=O)c12)CCCCC3. The number of carbonyl (C=O) groups excluding carboxylic acids is 1. The zero-order chi connectivity index (χ0) is 19.8. The Balaban J connectivity index is 1.69. The maximum Gasteiger partial charge on any atom is 0.264 e. The zero-order valence-electron chi connectivity index (χ0n) is 16.0. The number of nitrogens with zero attached hydrogens (tertiary/aromatic N) is 3. The molecule has 28 heavy (non-hydrogen) atoms. The van der Waals surface area contributed by atoms with Gasteiger partial charge in [0.05, 0.1) is 10.3 Å². The molecule has 0 N–H and O–H groups in total. The van der Waals surface area contributed by atoms with Gasteiger partial charge in [0.25, 0.3) is 11.5 Å². The Morgan fingerprint density at radius 1 is 1.25 bits per heavy atom. The molecule has 4 rings (SSSR count). The van der Waals surface area contributed by atoms with E-state index in [1.165, 1.54) is 23.5 Å². The number of rotatable bonds is 3. The van der Waals surface area contributed by atoms with Gasteiger partial charge in [-0.2, -0.15) is 0 Å². The Kier molecular flexibility index (Phi) is 5.02. The van der Waals surface area contributed by atoms with Gasteiger partial charge in [-0.05, 0) is 43.0 Å². The van der Waals surface area contributed by atoms with Crippen LogP contribution >= 0.6 is 11.3 Å². The van der Waals surface area contributed by atoms with Crippen molar-refractivity contribution >= 4 is 27.5 Å². The van der Waals surface area contributed by atoms with E-state index < -0.39 is 0 Å². The van der Waals surface area contributed by atoms with E-state index in [9.17, 15) is 14.0 Å². The van der Waals surface area contributed by atoms with Crippen LogP contribution in [0.15, 0.2) is 29.1 Å². The highest BCUT2D eigenvalue weighted by Crippen LogP contribution is 2.29. The second kappa shape index (κ2) is 7.47. The fourth-order valence-electron chi connectivity index (χ4n) is 3.72. The lowest BCUT2D eigenvalue weighted by Gasteiger charge is -2.17. The number of thiophene rings is 1. The van der Waals surface area contributed by atoms with E-state index in [1.807, 2.05) is 6.92 Å². The number of aromatic nitrogens is 2. The fraction of sp³-hybridized carbons (Fsp3) is 0.381. The summed E-state index contributed by atoms with van der Waals surface area (Å²) in [4.78, 5) is 33.6. The number of aryl methyl sites for hydroxylation is 2. The van der Waals surface area contributed by atoms with Crippen LogP contribution in [0.25, 0.3) is 10.2 Å². The molecule has 3 aromatic rings. The standard InChI is InChI=1S/C21H22FN3O2S/c1-13-17-19(23-16-6-4-3-5-11-25(16)20(17)26)28-18(13)21(27)24(2)12-14-7-9-15(22)10-8-14/h7-10H,3-6,11-12H2,1-2H3. The van der Waals surface area contributed by atoms with Crippen molar-refractivity contribution in [3.8, 4) is 0 Å². The molecule has 5 nitrogen and oxygen atoms in total. The molecule has 0 spiro atoms. The normalized spacial score (nSPS) is 14.0. The summed E-state index contributed by atoms with van der Waals surface area (Å²) in [5.74, 6) is 0.378. The van der Waals surface area contributed by atoms with Crippen LogP contribution in [0, 0.1) is 12.7 Å². The van der Waals surface area contributed by atoms with Crippen molar-refractivity contribution < 1.29 is 9.18 Å². The van der Waals surface area contributed by atoms with Crippen molar-refractivity contribution in [1.82, 2.24) is 14.5 Å². The fourth-order valence-corrected chi connectivity index (χ4v) is 4.91. The summed E-state index contributed by atoms with van der Waals surface area (Å²) < 4.78 is 14.9. The first-order valence-corrected chi connectivity index (χ1v) is 10.3. The van der Waals surface area contributed by atoms with Gasteiger partial charge >= 0.3 is 0 Å². The number of benzene rings is 1. The number of hydrogen-bond donors (Lipinski definition) is 0. The van der Waals surface area contributed by atoms with Gasteiger partial charge in [-0.25, -0.2) is 9.37 Å². The molecule has 0 aliphatic carbocycles. The summed E-state index contributed by atoms with van der Waals surface area (Å²) >= 11 is 1.29. The predicted molar refractivity (Wildman–Crippen MR) is 108 cm³/mol. The van der Waals surface area contributed by atoms with Gasteiger partial charge in [0.2, 0.25) is 0 Å². The maximum atomic E-state index is 13.1. The maximum absolute atomic E-state index is 13.1. The molecule has 2 aromatic heterocycles. The Morgan fingerprint density at radius 3 is 2.75 bits per heavy atom. The molecule has 146 valence electrons. The van der Waals surface area contributed by atoms with Crippen LogP contribution in [0.5, 0.6) is 0 Å². The highest BCUT2D eigenvalue weighted by molar-refractivity contribution is 7.20. The summed E-state index contributed by atoms with van der Waals surface area (Å²) in [5, 5.41) is 0.564. The Morgan fingerprint density at radius 2 is 2.00 bits per heavy atom. The second-order valence-electron chi connectivity index (χ2n) is 7.32. The van der Waals surface area contributed by atoms with Crippen molar-refractivity contribution in [2.45, 2.75) is 45.7 Å². The second-order valence-corrected chi connectivity index (χ2v) is 8.32. The molecule has 0 saturated heterocycles. The van der Waals surface area contributed by atoms with Crippen molar-refractivity contribution in [1.29, 1.82) is 0 Å². The van der Waals surface area contributed by atoms with Crippen molar-refractivity contribution in [3.05, 3.63) is 62.3 Å². The third kappa shape index (κ3) is 3.35. The molecule has 7 heteroatoms. The van der Waals surface area contributed by atoms with E-state index in [2.05, 4.69) is 0 Å². The highest BCUT2D eigenvalue weighted by Gasteiger charge is 2.24. The quantitative estimate of drug-likeness (QED) is 0.671. The van der Waals surface area contributed by atoms with E-state index in [0.29, 0.717) is 33.7 Å². The monoisotopic (exact) mass is 399 g/mol. The van der Waals surface area contributed by atoms with E-state index >= 15 is 0 Å². The Labute approximate surface area is 166 Å². The van der Waals surface area contributed by atoms with Crippen LogP contribution in [-0.2, 0) is 19.5 Å². The topological polar surface area (TPSA) is 55.2 Å². The minimum Gasteiger partial charge on any atom is -0.337 e. The first-order valence-electron chi connectivity index (χ1n) is 9.48. The van der Waals surface area contributed by atoms with Gasteiger partial charge < -0.3 is 4.90 Å². The van der Waals surface area contributed by atoms with Gasteiger partial charge in [-0.3, -0.25) is 14.2 Å². The highest BCUT2D eigenvalue weighted by atomic mass is 32.1. The molecule has 1 aliphatic rings. The smallest absolute Gasteiger partial charge is 0.264 e. The first kappa shape index (κ1) is 18.8. The van der Waals surface area contributed by atoms with Gasteiger partial charge in [-0.15, -0.1) is 11.3 Å². The molecule has 0 atom stereocenters. The third-order valence-corrected chi connectivity index (χ3v) is 6.46. The minimum atomic E-state index is -0.301. The third-order valence-electron chi connectivity index (χ3n) is 5.29. The molecule has 0 bridgehead atoms. The van der Waals surface area contributed by atoms with E-state index in [-0.39, 0.29) is 17.3 Å². The van der Waals surface area contributed by atoms with Crippen LogP contribution in [0.2, 0.25) is 0 Å². The molecule has 0 unspecified atom stereocenters. The van der Waals surface area contributed by atoms with E-state index in [1.54, 1.807) is 28.6 Å². The molecular formula is C21H22FN3O2S. The summed E-state index contributed by atoms with van der Waals surface area (Å²) in [7, 11) is 1.71. The molecule has 3 heterocycles. The molecule has 0 saturated carbocycles. The average molecular weight is 399 g/mol. The van der Waals surface area contributed by atoms with Crippen LogP contribution in [0.4, 0.5) is 4.39 Å². The Bertz CT molecular complexity index is 1100. The van der Waals surface area contributed by atoms with E-state index in [4.69, 9.17) is 4.98 Å². The van der Waals surface area contributed by atoms with Crippen LogP contribution in [0.1, 0.15) is 45.9 Å². The van der Waals surface area contributed by atoms with Crippen LogP contribution in [-0.4, -0.2) is 27.4 Å². The lowest BCUT2D eigenvalue weighted by molar-refractivity contribution is 0.0789. The summed E-state index contributed by atoms with van der Waals surface area (Å²) in [5.41, 5.74) is 1.52. The van der Waals surface area contributed by atoms with Crippen molar-refractivity contribution in [2.24, 2.45) is 0 Å². The predicted octanol–water partition coefficient (Wildman–Crippen LogP) is 3.90.